The predicted molar refractivity (Wildman–Crippen MR) is 200 cm³/mol. The van der Waals surface area contributed by atoms with E-state index in [-0.39, 0.29) is 24.1 Å². The number of hydrogen-bond donors (Lipinski definition) is 2. The van der Waals surface area contributed by atoms with Crippen LogP contribution in [0, 0.1) is 0 Å². The number of carbonyl (C=O) groups is 2. The largest absolute Gasteiger partial charge is 0.322 e. The summed E-state index contributed by atoms with van der Waals surface area (Å²) in [6.07, 6.45) is 0. The molecule has 254 valence electrons. The molecular weight excluding hydrogens is 621 g/mol. The third-order valence-corrected chi connectivity index (χ3v) is 9.78. The highest BCUT2D eigenvalue weighted by molar-refractivity contribution is 5.91. The Morgan fingerprint density at radius 3 is 0.900 bits per heavy atom. The minimum atomic E-state index is -0.111. The number of piperazine rings is 2. The lowest BCUT2D eigenvalue weighted by molar-refractivity contribution is 0.126. The van der Waals surface area contributed by atoms with Gasteiger partial charge in [0.25, 0.3) is 0 Å². The third-order valence-electron chi connectivity index (χ3n) is 9.78. The molecule has 2 N–H and O–H groups in total. The minimum absolute atomic E-state index is 0.111. The molecule has 2 fully saturated rings. The van der Waals surface area contributed by atoms with Crippen LogP contribution in [0.5, 0.6) is 0 Å². The highest BCUT2D eigenvalue weighted by atomic mass is 16.2. The van der Waals surface area contributed by atoms with Gasteiger partial charge in [0.15, 0.2) is 0 Å². The second-order valence-corrected chi connectivity index (χ2v) is 12.9. The standard InChI is InChI=1S/C42H44N6O2/c49-41(47-29-25-45(26-30-47)39(33-13-5-1-6-14-33)34-15-7-2-8-16-34)43-37-21-23-38(24-22-37)44-42(50)48-31-27-46(28-32-48)40(35-17-9-3-10-18-35)36-19-11-4-12-20-36/h1-24,39-40H,25-32H2,(H,43,49)(H,44,50). The first-order chi connectivity index (χ1) is 24.6. The van der Waals surface area contributed by atoms with E-state index >= 15 is 0 Å². The van der Waals surface area contributed by atoms with Gasteiger partial charge in [0.1, 0.15) is 0 Å². The molecule has 0 aliphatic carbocycles. The second kappa shape index (κ2) is 15.8. The molecule has 0 unspecified atom stereocenters. The Morgan fingerprint density at radius 1 is 0.380 bits per heavy atom. The maximum atomic E-state index is 13.2. The van der Waals surface area contributed by atoms with E-state index in [9.17, 15) is 9.59 Å². The van der Waals surface area contributed by atoms with Crippen molar-refractivity contribution in [2.24, 2.45) is 0 Å². The fraction of sp³-hybridized carbons (Fsp3) is 0.238. The first-order valence-electron chi connectivity index (χ1n) is 17.5. The first kappa shape index (κ1) is 33.1. The van der Waals surface area contributed by atoms with Crippen molar-refractivity contribution in [1.82, 2.24) is 19.6 Å². The van der Waals surface area contributed by atoms with E-state index < -0.39 is 0 Å². The Hall–Kier alpha value is -5.44. The number of nitrogens with zero attached hydrogens (tertiary/aromatic N) is 4. The molecule has 2 aliphatic rings. The number of hydrogen-bond acceptors (Lipinski definition) is 4. The van der Waals surface area contributed by atoms with Crippen LogP contribution in [0.3, 0.4) is 0 Å². The van der Waals surface area contributed by atoms with Crippen molar-refractivity contribution >= 4 is 23.4 Å². The molecular formula is C42H44N6O2. The molecule has 4 amide bonds. The number of amides is 4. The lowest BCUT2D eigenvalue weighted by Crippen LogP contribution is -2.51. The summed E-state index contributed by atoms with van der Waals surface area (Å²) >= 11 is 0. The summed E-state index contributed by atoms with van der Waals surface area (Å²) in [7, 11) is 0. The van der Waals surface area contributed by atoms with Gasteiger partial charge >= 0.3 is 12.1 Å². The van der Waals surface area contributed by atoms with Crippen molar-refractivity contribution in [1.29, 1.82) is 0 Å². The van der Waals surface area contributed by atoms with Crippen molar-refractivity contribution in [3.8, 4) is 0 Å². The number of anilines is 2. The van der Waals surface area contributed by atoms with E-state index in [1.807, 2.05) is 58.3 Å². The number of urea groups is 2. The van der Waals surface area contributed by atoms with Crippen LogP contribution in [0.4, 0.5) is 21.0 Å². The minimum Gasteiger partial charge on any atom is -0.322 e. The van der Waals surface area contributed by atoms with Crippen LogP contribution in [0.25, 0.3) is 0 Å². The molecule has 5 aromatic carbocycles. The summed E-state index contributed by atoms with van der Waals surface area (Å²) in [5, 5.41) is 6.09. The molecule has 0 saturated carbocycles. The van der Waals surface area contributed by atoms with Crippen LogP contribution in [-0.4, -0.2) is 84.0 Å². The van der Waals surface area contributed by atoms with E-state index in [4.69, 9.17) is 0 Å². The molecule has 0 radical (unpaired) electrons. The van der Waals surface area contributed by atoms with Gasteiger partial charge in [-0.2, -0.15) is 0 Å². The predicted octanol–water partition coefficient (Wildman–Crippen LogP) is 7.56. The average molecular weight is 665 g/mol. The normalized spacial score (nSPS) is 15.6. The molecule has 50 heavy (non-hydrogen) atoms. The maximum absolute atomic E-state index is 13.2. The van der Waals surface area contributed by atoms with Gasteiger partial charge < -0.3 is 20.4 Å². The third kappa shape index (κ3) is 7.88. The molecule has 0 atom stereocenters. The fourth-order valence-corrected chi connectivity index (χ4v) is 7.18. The lowest BCUT2D eigenvalue weighted by Gasteiger charge is -2.39. The van der Waals surface area contributed by atoms with Crippen LogP contribution in [0.15, 0.2) is 146 Å². The first-order valence-corrected chi connectivity index (χ1v) is 17.5. The van der Waals surface area contributed by atoms with Gasteiger partial charge in [-0.05, 0) is 46.5 Å². The van der Waals surface area contributed by atoms with Crippen LogP contribution in [0.1, 0.15) is 34.3 Å². The molecule has 8 nitrogen and oxygen atoms in total. The molecule has 5 aromatic rings. The highest BCUT2D eigenvalue weighted by Crippen LogP contribution is 2.31. The van der Waals surface area contributed by atoms with Crippen LogP contribution < -0.4 is 10.6 Å². The van der Waals surface area contributed by atoms with E-state index in [2.05, 4.69) is 117 Å². The summed E-state index contributed by atoms with van der Waals surface area (Å²) in [5.74, 6) is 0. The van der Waals surface area contributed by atoms with E-state index in [1.165, 1.54) is 22.3 Å². The SMILES string of the molecule is O=C(Nc1ccc(NC(=O)N2CCN(C(c3ccccc3)c3ccccc3)CC2)cc1)N1CCN(C(c2ccccc2)c2ccccc2)CC1. The van der Waals surface area contributed by atoms with Gasteiger partial charge in [-0.25, -0.2) is 9.59 Å². The number of nitrogens with one attached hydrogen (secondary N) is 2. The van der Waals surface area contributed by atoms with Crippen LogP contribution >= 0.6 is 0 Å². The van der Waals surface area contributed by atoms with E-state index in [0.717, 1.165) is 26.2 Å². The molecule has 7 rings (SSSR count). The van der Waals surface area contributed by atoms with Crippen LogP contribution in [0.2, 0.25) is 0 Å². The topological polar surface area (TPSA) is 71.2 Å². The van der Waals surface area contributed by atoms with Gasteiger partial charge in [-0.15, -0.1) is 0 Å². The monoisotopic (exact) mass is 664 g/mol. The summed E-state index contributed by atoms with van der Waals surface area (Å²) in [6, 6.07) is 49.7. The van der Waals surface area contributed by atoms with E-state index in [0.29, 0.717) is 37.6 Å². The lowest BCUT2D eigenvalue weighted by atomic mass is 9.96. The number of benzene rings is 5. The Morgan fingerprint density at radius 2 is 0.640 bits per heavy atom. The van der Waals surface area contributed by atoms with Gasteiger partial charge in [0.05, 0.1) is 12.1 Å². The quantitative estimate of drug-likeness (QED) is 0.180. The van der Waals surface area contributed by atoms with Gasteiger partial charge in [-0.3, -0.25) is 9.80 Å². The van der Waals surface area contributed by atoms with Crippen LogP contribution in [-0.2, 0) is 0 Å². The fourth-order valence-electron chi connectivity index (χ4n) is 7.18. The zero-order valence-corrected chi connectivity index (χ0v) is 28.3. The molecule has 8 heteroatoms. The molecule has 0 bridgehead atoms. The Labute approximate surface area is 294 Å². The zero-order valence-electron chi connectivity index (χ0n) is 28.3. The Bertz CT molecular complexity index is 1590. The molecule has 0 spiro atoms. The molecule has 2 heterocycles. The zero-order chi connectivity index (χ0) is 34.1. The number of rotatable bonds is 8. The number of carbonyl (C=O) groups excluding carboxylic acids is 2. The molecule has 0 aromatic heterocycles. The van der Waals surface area contributed by atoms with Gasteiger partial charge in [0.2, 0.25) is 0 Å². The Balaban J connectivity index is 0.898. The molecule has 2 saturated heterocycles. The maximum Gasteiger partial charge on any atom is 0.321 e. The van der Waals surface area contributed by atoms with Crippen molar-refractivity contribution in [2.75, 3.05) is 63.0 Å². The van der Waals surface area contributed by atoms with Gasteiger partial charge in [0, 0.05) is 63.7 Å². The summed E-state index contributed by atoms with van der Waals surface area (Å²) < 4.78 is 0. The van der Waals surface area contributed by atoms with Crippen molar-refractivity contribution in [3.05, 3.63) is 168 Å². The smallest absolute Gasteiger partial charge is 0.321 e. The van der Waals surface area contributed by atoms with Crippen molar-refractivity contribution in [3.63, 3.8) is 0 Å². The highest BCUT2D eigenvalue weighted by Gasteiger charge is 2.29. The van der Waals surface area contributed by atoms with Gasteiger partial charge in [-0.1, -0.05) is 121 Å². The van der Waals surface area contributed by atoms with Crippen molar-refractivity contribution < 1.29 is 9.59 Å². The van der Waals surface area contributed by atoms with E-state index in [1.54, 1.807) is 0 Å². The summed E-state index contributed by atoms with van der Waals surface area (Å²) in [4.78, 5) is 35.1. The van der Waals surface area contributed by atoms with Crippen molar-refractivity contribution in [2.45, 2.75) is 12.1 Å². The summed E-state index contributed by atoms with van der Waals surface area (Å²) in [5.41, 5.74) is 6.42. The Kier molecular flexibility index (Phi) is 10.5. The average Bonchev–Trinajstić information content (AvgIpc) is 3.18. The second-order valence-electron chi connectivity index (χ2n) is 12.9. The molecule has 2 aliphatic heterocycles. The summed E-state index contributed by atoms with van der Waals surface area (Å²) in [6.45, 7) is 5.67.